The number of benzene rings is 1. The maximum absolute atomic E-state index is 11.1. The molecular formula is C12H15NO2. The summed E-state index contributed by atoms with van der Waals surface area (Å²) >= 11 is 0. The van der Waals surface area contributed by atoms with E-state index < -0.39 is 5.97 Å². The molecule has 0 aromatic heterocycles. The molecule has 3 heteroatoms. The Kier molecular flexibility index (Phi) is 2.39. The maximum atomic E-state index is 11.1. The van der Waals surface area contributed by atoms with Crippen LogP contribution in [0, 0.1) is 5.92 Å². The Morgan fingerprint density at radius 1 is 1.33 bits per heavy atom. The minimum Gasteiger partial charge on any atom is -0.481 e. The van der Waals surface area contributed by atoms with Crippen molar-refractivity contribution in [1.29, 1.82) is 0 Å². The molecule has 2 rings (SSSR count). The first-order valence-corrected chi connectivity index (χ1v) is 5.19. The van der Waals surface area contributed by atoms with Crippen molar-refractivity contribution in [2.75, 3.05) is 5.32 Å². The van der Waals surface area contributed by atoms with Crippen LogP contribution in [0.3, 0.4) is 0 Å². The van der Waals surface area contributed by atoms with Crippen LogP contribution < -0.4 is 5.32 Å². The fraction of sp³-hybridized carbons (Fsp3) is 0.417. The molecule has 0 aliphatic carbocycles. The SMILES string of the molecule is C[C@@H]1Nc2ccccc2[C@H](C)[C@@H]1C(=O)O. The van der Waals surface area contributed by atoms with Gasteiger partial charge in [-0.2, -0.15) is 0 Å². The molecule has 0 bridgehead atoms. The highest BCUT2D eigenvalue weighted by molar-refractivity contribution is 5.75. The van der Waals surface area contributed by atoms with Crippen LogP contribution in [0.5, 0.6) is 0 Å². The van der Waals surface area contributed by atoms with Crippen LogP contribution in [0.25, 0.3) is 0 Å². The molecule has 0 amide bonds. The normalized spacial score (nSPS) is 29.1. The zero-order chi connectivity index (χ0) is 11.0. The van der Waals surface area contributed by atoms with Crippen molar-refractivity contribution < 1.29 is 9.90 Å². The van der Waals surface area contributed by atoms with E-state index in [2.05, 4.69) is 5.32 Å². The van der Waals surface area contributed by atoms with Gasteiger partial charge in [0.15, 0.2) is 0 Å². The van der Waals surface area contributed by atoms with Crippen molar-refractivity contribution in [1.82, 2.24) is 0 Å². The third-order valence-corrected chi connectivity index (χ3v) is 3.20. The summed E-state index contributed by atoms with van der Waals surface area (Å²) in [6.07, 6.45) is 0. The number of para-hydroxylation sites is 1. The number of hydrogen-bond acceptors (Lipinski definition) is 2. The summed E-state index contributed by atoms with van der Waals surface area (Å²) in [6.45, 7) is 3.90. The van der Waals surface area contributed by atoms with Crippen LogP contribution in [0.1, 0.15) is 25.3 Å². The highest BCUT2D eigenvalue weighted by atomic mass is 16.4. The summed E-state index contributed by atoms with van der Waals surface area (Å²) in [5.41, 5.74) is 2.16. The van der Waals surface area contributed by atoms with Crippen molar-refractivity contribution >= 4 is 11.7 Å². The van der Waals surface area contributed by atoms with Gasteiger partial charge in [-0.25, -0.2) is 0 Å². The van der Waals surface area contributed by atoms with E-state index >= 15 is 0 Å². The molecule has 15 heavy (non-hydrogen) atoms. The van der Waals surface area contributed by atoms with Crippen LogP contribution in [-0.2, 0) is 4.79 Å². The molecule has 1 aromatic rings. The molecule has 0 unspecified atom stereocenters. The number of nitrogens with one attached hydrogen (secondary N) is 1. The minimum absolute atomic E-state index is 0.0209. The molecule has 80 valence electrons. The van der Waals surface area contributed by atoms with Gasteiger partial charge in [0, 0.05) is 11.7 Å². The molecule has 1 heterocycles. The Morgan fingerprint density at radius 2 is 2.00 bits per heavy atom. The maximum Gasteiger partial charge on any atom is 0.309 e. The van der Waals surface area contributed by atoms with Gasteiger partial charge < -0.3 is 10.4 Å². The van der Waals surface area contributed by atoms with E-state index in [0.29, 0.717) is 0 Å². The van der Waals surface area contributed by atoms with Crippen molar-refractivity contribution in [2.45, 2.75) is 25.8 Å². The predicted octanol–water partition coefficient (Wildman–Crippen LogP) is 2.30. The molecule has 0 saturated carbocycles. The standard InChI is InChI=1S/C12H15NO2/c1-7-9-5-3-4-6-10(9)13-8(2)11(7)12(14)15/h3-8,11,13H,1-2H3,(H,14,15)/t7-,8-,11-/m0/s1. The van der Waals surface area contributed by atoms with Gasteiger partial charge >= 0.3 is 5.97 Å². The predicted molar refractivity (Wildman–Crippen MR) is 59.1 cm³/mol. The number of aliphatic carboxylic acids is 1. The zero-order valence-corrected chi connectivity index (χ0v) is 8.90. The fourth-order valence-corrected chi connectivity index (χ4v) is 2.41. The van der Waals surface area contributed by atoms with Crippen LogP contribution >= 0.6 is 0 Å². The summed E-state index contributed by atoms with van der Waals surface area (Å²) in [5, 5.41) is 12.4. The van der Waals surface area contributed by atoms with Crippen molar-refractivity contribution in [3.8, 4) is 0 Å². The molecule has 0 spiro atoms. The van der Waals surface area contributed by atoms with E-state index in [0.717, 1.165) is 11.3 Å². The van der Waals surface area contributed by atoms with Crippen molar-refractivity contribution in [3.63, 3.8) is 0 Å². The summed E-state index contributed by atoms with van der Waals surface area (Å²) < 4.78 is 0. The summed E-state index contributed by atoms with van der Waals surface area (Å²) in [7, 11) is 0. The Hall–Kier alpha value is -1.51. The summed E-state index contributed by atoms with van der Waals surface area (Å²) in [6, 6.07) is 7.89. The van der Waals surface area contributed by atoms with Gasteiger partial charge in [-0.15, -0.1) is 0 Å². The largest absolute Gasteiger partial charge is 0.481 e. The van der Waals surface area contributed by atoms with Gasteiger partial charge in [0.1, 0.15) is 0 Å². The Morgan fingerprint density at radius 3 is 2.67 bits per heavy atom. The first kappa shape index (κ1) is 10.0. The molecule has 1 aliphatic heterocycles. The number of anilines is 1. The molecule has 0 fully saturated rings. The lowest BCUT2D eigenvalue weighted by molar-refractivity contribution is -0.142. The van der Waals surface area contributed by atoms with Crippen LogP contribution in [0.15, 0.2) is 24.3 Å². The van der Waals surface area contributed by atoms with Gasteiger partial charge in [0.05, 0.1) is 5.92 Å². The molecule has 3 atom stereocenters. The zero-order valence-electron chi connectivity index (χ0n) is 8.90. The van der Waals surface area contributed by atoms with E-state index in [1.807, 2.05) is 38.1 Å². The van der Waals surface area contributed by atoms with E-state index in [1.54, 1.807) is 0 Å². The highest BCUT2D eigenvalue weighted by Crippen LogP contribution is 2.37. The lowest BCUT2D eigenvalue weighted by Gasteiger charge is -2.34. The van der Waals surface area contributed by atoms with Crippen LogP contribution in [-0.4, -0.2) is 17.1 Å². The molecule has 0 saturated heterocycles. The molecule has 1 aromatic carbocycles. The number of hydrogen-bond donors (Lipinski definition) is 2. The minimum atomic E-state index is -0.725. The second kappa shape index (κ2) is 3.57. The monoisotopic (exact) mass is 205 g/mol. The molecular weight excluding hydrogens is 190 g/mol. The van der Waals surface area contributed by atoms with Crippen LogP contribution in [0.2, 0.25) is 0 Å². The van der Waals surface area contributed by atoms with E-state index in [1.165, 1.54) is 0 Å². The Bertz CT molecular complexity index is 389. The van der Waals surface area contributed by atoms with Crippen molar-refractivity contribution in [2.24, 2.45) is 5.92 Å². The first-order chi connectivity index (χ1) is 7.11. The third kappa shape index (κ3) is 1.58. The van der Waals surface area contributed by atoms with Gasteiger partial charge in [0.2, 0.25) is 0 Å². The topological polar surface area (TPSA) is 49.3 Å². The Labute approximate surface area is 89.1 Å². The first-order valence-electron chi connectivity index (χ1n) is 5.19. The van der Waals surface area contributed by atoms with Gasteiger partial charge in [-0.3, -0.25) is 4.79 Å². The van der Waals surface area contributed by atoms with Crippen LogP contribution in [0.4, 0.5) is 5.69 Å². The molecule has 2 N–H and O–H groups in total. The smallest absolute Gasteiger partial charge is 0.309 e. The number of carboxylic acids is 1. The second-order valence-corrected chi connectivity index (χ2v) is 4.17. The van der Waals surface area contributed by atoms with E-state index in [4.69, 9.17) is 5.11 Å². The molecule has 1 aliphatic rings. The van der Waals surface area contributed by atoms with Gasteiger partial charge in [-0.1, -0.05) is 25.1 Å². The van der Waals surface area contributed by atoms with Gasteiger partial charge in [-0.05, 0) is 24.5 Å². The second-order valence-electron chi connectivity index (χ2n) is 4.17. The molecule has 3 nitrogen and oxygen atoms in total. The van der Waals surface area contributed by atoms with E-state index in [-0.39, 0.29) is 17.9 Å². The quantitative estimate of drug-likeness (QED) is 0.739. The lowest BCUT2D eigenvalue weighted by atomic mass is 9.79. The number of carbonyl (C=O) groups is 1. The number of fused-ring (bicyclic) bond motifs is 1. The average Bonchev–Trinajstić information content (AvgIpc) is 2.17. The average molecular weight is 205 g/mol. The highest BCUT2D eigenvalue weighted by Gasteiger charge is 2.36. The summed E-state index contributed by atoms with van der Waals surface area (Å²) in [5.74, 6) is -1.01. The lowest BCUT2D eigenvalue weighted by Crippen LogP contribution is -2.39. The van der Waals surface area contributed by atoms with Gasteiger partial charge in [0.25, 0.3) is 0 Å². The van der Waals surface area contributed by atoms with Crippen molar-refractivity contribution in [3.05, 3.63) is 29.8 Å². The Balaban J connectivity index is 2.42. The fourth-order valence-electron chi connectivity index (χ4n) is 2.41. The third-order valence-electron chi connectivity index (χ3n) is 3.20. The summed E-state index contributed by atoms with van der Waals surface area (Å²) in [4.78, 5) is 11.1. The molecule has 0 radical (unpaired) electrons. The van der Waals surface area contributed by atoms with E-state index in [9.17, 15) is 4.79 Å². The number of rotatable bonds is 1. The number of carboxylic acid groups (broad SMARTS) is 1.